The van der Waals surface area contributed by atoms with E-state index in [0.717, 1.165) is 16.7 Å². The number of carbonyl (C=O) groups excluding carboxylic acids is 1. The summed E-state index contributed by atoms with van der Waals surface area (Å²) >= 11 is 6.04. The number of nitrogens with one attached hydrogen (secondary N) is 1. The van der Waals surface area contributed by atoms with Crippen molar-refractivity contribution < 1.29 is 13.2 Å². The predicted molar refractivity (Wildman–Crippen MR) is 142 cm³/mol. The number of halogens is 1. The van der Waals surface area contributed by atoms with Crippen LogP contribution in [0.25, 0.3) is 0 Å². The molecular formula is C28H25ClN2O3S. The summed E-state index contributed by atoms with van der Waals surface area (Å²) in [7, 11) is -4.00. The van der Waals surface area contributed by atoms with E-state index < -0.39 is 15.9 Å². The molecule has 5 nitrogen and oxygen atoms in total. The smallest absolute Gasteiger partial charge is 0.264 e. The summed E-state index contributed by atoms with van der Waals surface area (Å²) in [6.45, 7) is 3.82. The highest BCUT2D eigenvalue weighted by molar-refractivity contribution is 7.92. The van der Waals surface area contributed by atoms with E-state index in [1.807, 2.05) is 38.1 Å². The Morgan fingerprint density at radius 2 is 1.46 bits per heavy atom. The molecule has 4 aromatic carbocycles. The zero-order valence-corrected chi connectivity index (χ0v) is 21.0. The first-order valence-electron chi connectivity index (χ1n) is 11.1. The van der Waals surface area contributed by atoms with Gasteiger partial charge in [0.1, 0.15) is 0 Å². The zero-order chi connectivity index (χ0) is 25.0. The van der Waals surface area contributed by atoms with Crippen molar-refractivity contribution >= 4 is 38.9 Å². The molecule has 0 atom stereocenters. The summed E-state index contributed by atoms with van der Waals surface area (Å²) in [6, 6.07) is 27.8. The number of rotatable bonds is 7. The van der Waals surface area contributed by atoms with E-state index in [9.17, 15) is 13.2 Å². The van der Waals surface area contributed by atoms with Gasteiger partial charge in [-0.1, -0.05) is 71.8 Å². The molecule has 178 valence electrons. The van der Waals surface area contributed by atoms with Crippen LogP contribution >= 0.6 is 11.6 Å². The highest BCUT2D eigenvalue weighted by Crippen LogP contribution is 2.30. The van der Waals surface area contributed by atoms with Crippen LogP contribution in [-0.2, 0) is 16.6 Å². The number of aryl methyl sites for hydroxylation is 2. The normalized spacial score (nSPS) is 11.2. The number of benzene rings is 4. The Balaban J connectivity index is 1.80. The summed E-state index contributed by atoms with van der Waals surface area (Å²) in [5.74, 6) is -0.393. The first kappa shape index (κ1) is 24.5. The number of hydrogen-bond donors (Lipinski definition) is 1. The maximum Gasteiger partial charge on any atom is 0.264 e. The summed E-state index contributed by atoms with van der Waals surface area (Å²) in [6.07, 6.45) is 0. The topological polar surface area (TPSA) is 66.5 Å². The van der Waals surface area contributed by atoms with Crippen LogP contribution in [0.4, 0.5) is 11.4 Å². The third kappa shape index (κ3) is 5.56. The van der Waals surface area contributed by atoms with Crippen molar-refractivity contribution in [1.29, 1.82) is 0 Å². The molecule has 0 aliphatic heterocycles. The van der Waals surface area contributed by atoms with Gasteiger partial charge in [0.05, 0.1) is 22.7 Å². The Bertz CT molecular complexity index is 1450. The monoisotopic (exact) mass is 504 g/mol. The number of para-hydroxylation sites is 2. The van der Waals surface area contributed by atoms with E-state index in [0.29, 0.717) is 10.7 Å². The second kappa shape index (κ2) is 10.3. The molecule has 7 heteroatoms. The van der Waals surface area contributed by atoms with E-state index in [1.165, 1.54) is 4.31 Å². The number of nitrogens with zero attached hydrogens (tertiary/aromatic N) is 1. The van der Waals surface area contributed by atoms with Crippen molar-refractivity contribution in [3.63, 3.8) is 0 Å². The van der Waals surface area contributed by atoms with Crippen LogP contribution < -0.4 is 9.62 Å². The van der Waals surface area contributed by atoms with Crippen LogP contribution in [0.2, 0.25) is 5.02 Å². The largest absolute Gasteiger partial charge is 0.322 e. The fourth-order valence-electron chi connectivity index (χ4n) is 3.68. The Morgan fingerprint density at radius 3 is 2.14 bits per heavy atom. The lowest BCUT2D eigenvalue weighted by atomic mass is 10.1. The number of carbonyl (C=O) groups is 1. The van der Waals surface area contributed by atoms with Gasteiger partial charge < -0.3 is 5.32 Å². The van der Waals surface area contributed by atoms with Gasteiger partial charge in [0.15, 0.2) is 0 Å². The summed E-state index contributed by atoms with van der Waals surface area (Å²) in [5, 5.41) is 3.47. The lowest BCUT2D eigenvalue weighted by Gasteiger charge is -2.27. The van der Waals surface area contributed by atoms with E-state index >= 15 is 0 Å². The predicted octanol–water partition coefficient (Wildman–Crippen LogP) is 6.60. The standard InChI is InChI=1S/C28H25ClN2O3S/c1-20-11-17-24(18-12-20)35(33,34)31(19-22-13-15-23(29)16-14-22)27-10-6-4-8-25(27)28(32)30-26-9-5-3-7-21(26)2/h3-18H,19H2,1-2H3,(H,30,32). The lowest BCUT2D eigenvalue weighted by Crippen LogP contribution is -2.32. The Morgan fingerprint density at radius 1 is 0.829 bits per heavy atom. The van der Waals surface area contributed by atoms with Gasteiger partial charge in [0.2, 0.25) is 0 Å². The highest BCUT2D eigenvalue weighted by atomic mass is 35.5. The lowest BCUT2D eigenvalue weighted by molar-refractivity contribution is 0.102. The van der Waals surface area contributed by atoms with E-state index in [2.05, 4.69) is 5.32 Å². The van der Waals surface area contributed by atoms with Gasteiger partial charge in [0, 0.05) is 10.7 Å². The summed E-state index contributed by atoms with van der Waals surface area (Å²) in [4.78, 5) is 13.5. The molecule has 0 heterocycles. The zero-order valence-electron chi connectivity index (χ0n) is 19.4. The molecular weight excluding hydrogens is 480 g/mol. The minimum absolute atomic E-state index is 0.0298. The second-order valence-corrected chi connectivity index (χ2v) is 10.5. The molecule has 0 aromatic heterocycles. The van der Waals surface area contributed by atoms with Gasteiger partial charge in [-0.15, -0.1) is 0 Å². The number of hydrogen-bond acceptors (Lipinski definition) is 3. The van der Waals surface area contributed by atoms with Crippen LogP contribution in [0.5, 0.6) is 0 Å². The van der Waals surface area contributed by atoms with Crippen molar-refractivity contribution in [3.8, 4) is 0 Å². The molecule has 0 saturated carbocycles. The number of amides is 1. The van der Waals surface area contributed by atoms with Gasteiger partial charge in [-0.2, -0.15) is 0 Å². The number of sulfonamides is 1. The fourth-order valence-corrected chi connectivity index (χ4v) is 5.28. The van der Waals surface area contributed by atoms with Crippen LogP contribution in [0.3, 0.4) is 0 Å². The van der Waals surface area contributed by atoms with Crippen LogP contribution in [0, 0.1) is 13.8 Å². The van der Waals surface area contributed by atoms with Gasteiger partial charge >= 0.3 is 0 Å². The molecule has 4 rings (SSSR count). The molecule has 1 amide bonds. The van der Waals surface area contributed by atoms with Gasteiger partial charge in [-0.05, 0) is 67.4 Å². The molecule has 0 bridgehead atoms. The van der Waals surface area contributed by atoms with E-state index in [4.69, 9.17) is 11.6 Å². The summed E-state index contributed by atoms with van der Waals surface area (Å²) in [5.41, 5.74) is 3.79. The third-order valence-corrected chi connectivity index (χ3v) is 7.68. The second-order valence-electron chi connectivity index (χ2n) is 8.24. The van der Waals surface area contributed by atoms with Crippen LogP contribution in [0.15, 0.2) is 102 Å². The first-order valence-corrected chi connectivity index (χ1v) is 12.9. The number of anilines is 2. The maximum absolute atomic E-state index is 13.9. The molecule has 4 aromatic rings. The van der Waals surface area contributed by atoms with Gasteiger partial charge in [-0.3, -0.25) is 9.10 Å². The maximum atomic E-state index is 13.9. The SMILES string of the molecule is Cc1ccc(S(=O)(=O)N(Cc2ccc(Cl)cc2)c2ccccc2C(=O)Nc2ccccc2C)cc1. The van der Waals surface area contributed by atoms with Crippen molar-refractivity contribution in [3.05, 3.63) is 124 Å². The average molecular weight is 505 g/mol. The van der Waals surface area contributed by atoms with Gasteiger partial charge in [-0.25, -0.2) is 8.42 Å². The van der Waals surface area contributed by atoms with Crippen molar-refractivity contribution in [2.45, 2.75) is 25.3 Å². The van der Waals surface area contributed by atoms with E-state index in [-0.39, 0.29) is 22.7 Å². The highest BCUT2D eigenvalue weighted by Gasteiger charge is 2.28. The first-order chi connectivity index (χ1) is 16.8. The Labute approximate surface area is 211 Å². The molecule has 0 aliphatic rings. The molecule has 0 radical (unpaired) electrons. The van der Waals surface area contributed by atoms with E-state index in [1.54, 1.807) is 72.8 Å². The average Bonchev–Trinajstić information content (AvgIpc) is 2.85. The Kier molecular flexibility index (Phi) is 7.24. The van der Waals surface area contributed by atoms with Crippen molar-refractivity contribution in [2.75, 3.05) is 9.62 Å². The van der Waals surface area contributed by atoms with Crippen LogP contribution in [-0.4, -0.2) is 14.3 Å². The molecule has 1 N–H and O–H groups in total. The molecule has 0 spiro atoms. The minimum atomic E-state index is -4.00. The summed E-state index contributed by atoms with van der Waals surface area (Å²) < 4.78 is 29.0. The molecule has 0 saturated heterocycles. The third-order valence-electron chi connectivity index (χ3n) is 5.66. The van der Waals surface area contributed by atoms with Gasteiger partial charge in [0.25, 0.3) is 15.9 Å². The Hall–Kier alpha value is -3.61. The molecule has 35 heavy (non-hydrogen) atoms. The fraction of sp³-hybridized carbons (Fsp3) is 0.107. The van der Waals surface area contributed by atoms with Crippen LogP contribution in [0.1, 0.15) is 27.0 Å². The molecule has 0 unspecified atom stereocenters. The quantitative estimate of drug-likeness (QED) is 0.308. The van der Waals surface area contributed by atoms with Crippen molar-refractivity contribution in [2.24, 2.45) is 0 Å². The molecule has 0 aliphatic carbocycles. The minimum Gasteiger partial charge on any atom is -0.322 e. The molecule has 0 fully saturated rings. The van der Waals surface area contributed by atoms with Crippen molar-refractivity contribution in [1.82, 2.24) is 0 Å².